The van der Waals surface area contributed by atoms with Crippen LogP contribution in [0.4, 0.5) is 0 Å². The van der Waals surface area contributed by atoms with Crippen molar-refractivity contribution < 1.29 is 9.53 Å². The summed E-state index contributed by atoms with van der Waals surface area (Å²) in [6, 6.07) is 3.37. The molecular weight excluding hydrogens is 194 g/mol. The first-order valence-electron chi connectivity index (χ1n) is 4.64. The second-order valence-electron chi connectivity index (χ2n) is 3.04. The molecule has 5 heteroatoms. The number of nitrogens with zero attached hydrogens (tertiary/aromatic N) is 3. The number of esters is 1. The molecule has 2 aromatic rings. The molecule has 0 fully saturated rings. The summed E-state index contributed by atoms with van der Waals surface area (Å²) in [6.45, 7) is 4.04. The van der Waals surface area contributed by atoms with Crippen LogP contribution in [-0.2, 0) is 11.3 Å². The van der Waals surface area contributed by atoms with Crippen molar-refractivity contribution in [2.24, 2.45) is 0 Å². The maximum atomic E-state index is 10.7. The Balaban J connectivity index is 2.47. The number of hydrogen-bond donors (Lipinski definition) is 0. The van der Waals surface area contributed by atoms with Crippen molar-refractivity contribution >= 4 is 17.1 Å². The number of rotatable bonds is 2. The van der Waals surface area contributed by atoms with E-state index in [1.807, 2.05) is 6.92 Å². The summed E-state index contributed by atoms with van der Waals surface area (Å²) in [4.78, 5) is 19.0. The van der Waals surface area contributed by atoms with Crippen LogP contribution in [0.25, 0.3) is 11.2 Å². The topological polar surface area (TPSA) is 57.0 Å². The summed E-state index contributed by atoms with van der Waals surface area (Å²) in [6.07, 6.45) is 2.81. The minimum Gasteiger partial charge on any atom is -0.408 e. The van der Waals surface area contributed by atoms with Crippen LogP contribution in [0, 0.1) is 6.33 Å². The lowest BCUT2D eigenvalue weighted by Crippen LogP contribution is -2.03. The van der Waals surface area contributed by atoms with E-state index in [1.165, 1.54) is 6.92 Å². The van der Waals surface area contributed by atoms with Crippen LogP contribution < -0.4 is 4.74 Å². The quantitative estimate of drug-likeness (QED) is 0.689. The second kappa shape index (κ2) is 3.68. The van der Waals surface area contributed by atoms with E-state index in [9.17, 15) is 4.79 Å². The van der Waals surface area contributed by atoms with Gasteiger partial charge in [0.25, 0.3) is 0 Å². The minimum absolute atomic E-state index is 0.290. The number of carbonyl (C=O) groups is 1. The molecule has 2 aromatic heterocycles. The number of ether oxygens (including phenoxy) is 1. The summed E-state index contributed by atoms with van der Waals surface area (Å²) < 4.78 is 6.65. The number of imidazole rings is 1. The third kappa shape index (κ3) is 1.81. The maximum absolute atomic E-state index is 10.7. The monoisotopic (exact) mass is 204 g/mol. The van der Waals surface area contributed by atoms with Gasteiger partial charge in [0.1, 0.15) is 5.52 Å². The van der Waals surface area contributed by atoms with Gasteiger partial charge in [-0.15, -0.1) is 0 Å². The highest BCUT2D eigenvalue weighted by Crippen LogP contribution is 2.15. The maximum Gasteiger partial charge on any atom is 0.309 e. The summed E-state index contributed by atoms with van der Waals surface area (Å²) in [5.41, 5.74) is 1.42. The van der Waals surface area contributed by atoms with Crippen LogP contribution in [0.5, 0.6) is 5.88 Å². The normalized spacial score (nSPS) is 10.5. The minimum atomic E-state index is -0.381. The smallest absolute Gasteiger partial charge is 0.309 e. The molecule has 0 atom stereocenters. The standard InChI is InChI=1S/C10H10N3O2/c1-3-13-6-11-8-4-5-9(12-10(8)13)15-7(2)14/h4-5H,3H2,1-2H3. The molecule has 0 amide bonds. The first-order chi connectivity index (χ1) is 7.20. The van der Waals surface area contributed by atoms with Crippen LogP contribution in [0.15, 0.2) is 12.1 Å². The van der Waals surface area contributed by atoms with E-state index < -0.39 is 0 Å². The Hall–Kier alpha value is -1.91. The fourth-order valence-corrected chi connectivity index (χ4v) is 1.30. The number of aromatic nitrogens is 3. The summed E-state index contributed by atoms with van der Waals surface area (Å²) in [7, 11) is 0. The highest BCUT2D eigenvalue weighted by molar-refractivity contribution is 5.73. The number of hydrogen-bond acceptors (Lipinski definition) is 4. The Morgan fingerprint density at radius 3 is 3.07 bits per heavy atom. The SMILES string of the molecule is CCn1[c]nc2ccc(OC(C)=O)nc21. The molecule has 15 heavy (non-hydrogen) atoms. The Kier molecular flexibility index (Phi) is 2.37. The Morgan fingerprint density at radius 1 is 1.60 bits per heavy atom. The molecule has 0 spiro atoms. The Bertz CT molecular complexity index is 504. The first-order valence-corrected chi connectivity index (χ1v) is 4.64. The van der Waals surface area contributed by atoms with E-state index in [0.717, 1.165) is 12.1 Å². The van der Waals surface area contributed by atoms with E-state index in [2.05, 4.69) is 16.3 Å². The average molecular weight is 204 g/mol. The van der Waals surface area contributed by atoms with Crippen LogP contribution in [-0.4, -0.2) is 20.5 Å². The van der Waals surface area contributed by atoms with Crippen LogP contribution in [0.2, 0.25) is 0 Å². The van der Waals surface area contributed by atoms with Crippen LogP contribution in [0.3, 0.4) is 0 Å². The molecule has 0 saturated heterocycles. The van der Waals surface area contributed by atoms with Gasteiger partial charge in [-0.3, -0.25) is 4.79 Å². The highest BCUT2D eigenvalue weighted by atomic mass is 16.5. The summed E-state index contributed by atoms with van der Waals surface area (Å²) >= 11 is 0. The zero-order chi connectivity index (χ0) is 10.8. The van der Waals surface area contributed by atoms with E-state index in [4.69, 9.17) is 4.74 Å². The third-order valence-electron chi connectivity index (χ3n) is 1.94. The predicted molar refractivity (Wildman–Crippen MR) is 53.3 cm³/mol. The second-order valence-corrected chi connectivity index (χ2v) is 3.04. The Morgan fingerprint density at radius 2 is 2.40 bits per heavy atom. The molecule has 0 aliphatic heterocycles. The molecule has 0 unspecified atom stereocenters. The molecule has 0 saturated carbocycles. The van der Waals surface area contributed by atoms with Crippen molar-refractivity contribution in [3.8, 4) is 5.88 Å². The van der Waals surface area contributed by atoms with Gasteiger partial charge >= 0.3 is 5.97 Å². The van der Waals surface area contributed by atoms with Gasteiger partial charge in [0.15, 0.2) is 12.0 Å². The van der Waals surface area contributed by atoms with Gasteiger partial charge in [0.2, 0.25) is 5.88 Å². The fraction of sp³-hybridized carbons (Fsp3) is 0.300. The molecule has 77 valence electrons. The van der Waals surface area contributed by atoms with E-state index in [0.29, 0.717) is 11.5 Å². The van der Waals surface area contributed by atoms with Crippen LogP contribution in [0.1, 0.15) is 13.8 Å². The van der Waals surface area contributed by atoms with Crippen molar-refractivity contribution in [1.82, 2.24) is 14.5 Å². The van der Waals surface area contributed by atoms with Gasteiger partial charge in [-0.2, -0.15) is 4.98 Å². The van der Waals surface area contributed by atoms with Crippen molar-refractivity contribution in [3.05, 3.63) is 18.5 Å². The molecular formula is C10H10N3O2. The molecule has 1 radical (unpaired) electrons. The van der Waals surface area contributed by atoms with Crippen molar-refractivity contribution in [2.45, 2.75) is 20.4 Å². The van der Waals surface area contributed by atoms with Gasteiger partial charge in [-0.1, -0.05) is 0 Å². The van der Waals surface area contributed by atoms with Crippen molar-refractivity contribution in [3.63, 3.8) is 0 Å². The lowest BCUT2D eigenvalue weighted by molar-refractivity contribution is -0.132. The zero-order valence-electron chi connectivity index (χ0n) is 8.52. The molecule has 0 N–H and O–H groups in total. The van der Waals surface area contributed by atoms with E-state index >= 15 is 0 Å². The van der Waals surface area contributed by atoms with Crippen LogP contribution >= 0.6 is 0 Å². The third-order valence-corrected chi connectivity index (χ3v) is 1.94. The van der Waals surface area contributed by atoms with Gasteiger partial charge in [0, 0.05) is 19.5 Å². The molecule has 0 bridgehead atoms. The molecule has 0 aliphatic carbocycles. The Labute approximate surface area is 86.7 Å². The summed E-state index contributed by atoms with van der Waals surface area (Å²) in [5.74, 6) is -0.0907. The largest absolute Gasteiger partial charge is 0.408 e. The predicted octanol–water partition coefficient (Wildman–Crippen LogP) is 1.18. The number of carbonyl (C=O) groups excluding carboxylic acids is 1. The molecule has 2 rings (SSSR count). The molecule has 2 heterocycles. The fourth-order valence-electron chi connectivity index (χ4n) is 1.30. The van der Waals surface area contributed by atoms with Gasteiger partial charge in [0.05, 0.1) is 0 Å². The van der Waals surface area contributed by atoms with E-state index in [-0.39, 0.29) is 5.97 Å². The molecule has 0 aliphatic rings. The summed E-state index contributed by atoms with van der Waals surface area (Å²) in [5, 5.41) is 0. The lowest BCUT2D eigenvalue weighted by atomic mass is 10.4. The number of pyridine rings is 1. The average Bonchev–Trinajstić information content (AvgIpc) is 2.59. The number of aryl methyl sites for hydroxylation is 1. The van der Waals surface area contributed by atoms with Gasteiger partial charge < -0.3 is 9.30 Å². The van der Waals surface area contributed by atoms with Crippen molar-refractivity contribution in [2.75, 3.05) is 0 Å². The van der Waals surface area contributed by atoms with Crippen molar-refractivity contribution in [1.29, 1.82) is 0 Å². The lowest BCUT2D eigenvalue weighted by Gasteiger charge is -2.01. The van der Waals surface area contributed by atoms with E-state index in [1.54, 1.807) is 16.7 Å². The molecule has 0 aromatic carbocycles. The highest BCUT2D eigenvalue weighted by Gasteiger charge is 2.06. The molecule has 5 nitrogen and oxygen atoms in total. The van der Waals surface area contributed by atoms with Gasteiger partial charge in [-0.05, 0) is 13.0 Å². The zero-order valence-corrected chi connectivity index (χ0v) is 8.52. The first kappa shape index (κ1) is 9.64. The van der Waals surface area contributed by atoms with Gasteiger partial charge in [-0.25, -0.2) is 4.98 Å². The number of fused-ring (bicyclic) bond motifs is 1.